The molecule has 2 aliphatic rings. The number of pyridine rings is 1. The SMILES string of the molecule is N#Cc1c[nH]cc1-c1cccc2c1OC(F)(F)O2.O=[N+]([O-])/N=C1\NCCN1Cc1ccc(Cl)nc1. The first kappa shape index (κ1) is 23.7. The second kappa shape index (κ2) is 9.82. The number of rotatable bonds is 4. The molecule has 35 heavy (non-hydrogen) atoms. The number of aromatic nitrogens is 2. The van der Waals surface area contributed by atoms with E-state index in [0.717, 1.165) is 5.56 Å². The molecule has 5 rings (SSSR count). The number of ether oxygens (including phenoxy) is 2. The van der Waals surface area contributed by atoms with Gasteiger partial charge in [0, 0.05) is 49.4 Å². The molecular weight excluding hydrogens is 488 g/mol. The van der Waals surface area contributed by atoms with Gasteiger partial charge in [0.15, 0.2) is 16.5 Å². The largest absolute Gasteiger partial charge is 0.586 e. The van der Waals surface area contributed by atoms with E-state index < -0.39 is 11.3 Å². The summed E-state index contributed by atoms with van der Waals surface area (Å²) in [5.74, 6) is 0.186. The molecule has 0 aliphatic carbocycles. The number of alkyl halides is 2. The van der Waals surface area contributed by atoms with E-state index >= 15 is 0 Å². The number of nitro groups is 1. The molecule has 1 aromatic carbocycles. The molecule has 180 valence electrons. The summed E-state index contributed by atoms with van der Waals surface area (Å²) in [6.07, 6.45) is 1.02. The van der Waals surface area contributed by atoms with Crippen LogP contribution < -0.4 is 14.8 Å². The number of para-hydroxylation sites is 1. The summed E-state index contributed by atoms with van der Waals surface area (Å²) < 4.78 is 34.9. The summed E-state index contributed by atoms with van der Waals surface area (Å²) >= 11 is 5.68. The van der Waals surface area contributed by atoms with Crippen LogP contribution in [0.3, 0.4) is 0 Å². The van der Waals surface area contributed by atoms with Crippen molar-refractivity contribution in [3.63, 3.8) is 0 Å². The Morgan fingerprint density at radius 3 is 2.83 bits per heavy atom. The van der Waals surface area contributed by atoms with Crippen molar-refractivity contribution in [1.29, 1.82) is 5.26 Å². The summed E-state index contributed by atoms with van der Waals surface area (Å²) in [6, 6.07) is 10.0. The highest BCUT2D eigenvalue weighted by atomic mass is 35.5. The molecule has 0 spiro atoms. The van der Waals surface area contributed by atoms with Gasteiger partial charge in [-0.2, -0.15) is 5.26 Å². The van der Waals surface area contributed by atoms with Gasteiger partial charge in [-0.05, 0) is 17.7 Å². The lowest BCUT2D eigenvalue weighted by atomic mass is 10.0. The quantitative estimate of drug-likeness (QED) is 0.312. The third-order valence-corrected chi connectivity index (χ3v) is 5.11. The van der Waals surface area contributed by atoms with E-state index in [2.05, 4.69) is 29.9 Å². The molecule has 4 heterocycles. The fourth-order valence-corrected chi connectivity index (χ4v) is 3.54. The van der Waals surface area contributed by atoms with Gasteiger partial charge in [-0.25, -0.2) is 15.1 Å². The van der Waals surface area contributed by atoms with E-state index in [9.17, 15) is 18.9 Å². The van der Waals surface area contributed by atoms with E-state index in [1.54, 1.807) is 35.5 Å². The molecule has 0 saturated carbocycles. The molecule has 14 heteroatoms. The summed E-state index contributed by atoms with van der Waals surface area (Å²) in [6.45, 7) is 1.84. The number of benzene rings is 1. The van der Waals surface area contributed by atoms with Crippen LogP contribution >= 0.6 is 11.6 Å². The molecule has 0 unspecified atom stereocenters. The van der Waals surface area contributed by atoms with Gasteiger partial charge in [-0.15, -0.1) is 8.78 Å². The van der Waals surface area contributed by atoms with Crippen LogP contribution in [0.15, 0.2) is 54.0 Å². The average Bonchev–Trinajstić information content (AvgIpc) is 3.52. The molecule has 0 radical (unpaired) electrons. The fourth-order valence-electron chi connectivity index (χ4n) is 3.43. The van der Waals surface area contributed by atoms with Crippen LogP contribution in [0.1, 0.15) is 11.1 Å². The number of guanidine groups is 1. The molecule has 11 nitrogen and oxygen atoms in total. The lowest BCUT2D eigenvalue weighted by Crippen LogP contribution is -2.30. The zero-order valence-electron chi connectivity index (χ0n) is 17.7. The zero-order valence-corrected chi connectivity index (χ0v) is 18.5. The number of nitriles is 1. The Balaban J connectivity index is 0.000000165. The average molecular weight is 504 g/mol. The van der Waals surface area contributed by atoms with E-state index in [1.807, 2.05) is 12.1 Å². The summed E-state index contributed by atoms with van der Waals surface area (Å²) in [5.41, 5.74) is 2.16. The van der Waals surface area contributed by atoms with Crippen molar-refractivity contribution in [2.45, 2.75) is 12.8 Å². The predicted molar refractivity (Wildman–Crippen MR) is 119 cm³/mol. The van der Waals surface area contributed by atoms with Crippen LogP contribution in [0, 0.1) is 21.4 Å². The monoisotopic (exact) mass is 503 g/mol. The Hall–Kier alpha value is -4.44. The van der Waals surface area contributed by atoms with Gasteiger partial charge in [-0.1, -0.05) is 29.8 Å². The van der Waals surface area contributed by atoms with Crippen molar-refractivity contribution in [2.24, 2.45) is 5.10 Å². The number of halogens is 3. The van der Waals surface area contributed by atoms with E-state index in [4.69, 9.17) is 16.9 Å². The predicted octanol–water partition coefficient (Wildman–Crippen LogP) is 3.56. The second-order valence-corrected chi connectivity index (χ2v) is 7.58. The number of H-pyrrole nitrogens is 1. The van der Waals surface area contributed by atoms with E-state index in [0.29, 0.717) is 41.5 Å². The summed E-state index contributed by atoms with van der Waals surface area (Å²) in [5, 5.41) is 25.1. The first-order chi connectivity index (χ1) is 16.8. The van der Waals surface area contributed by atoms with Crippen LogP contribution in [0.4, 0.5) is 8.78 Å². The third-order valence-electron chi connectivity index (χ3n) is 4.89. The first-order valence-corrected chi connectivity index (χ1v) is 10.4. The third kappa shape index (κ3) is 5.56. The van der Waals surface area contributed by atoms with Gasteiger partial charge in [0.2, 0.25) is 0 Å². The van der Waals surface area contributed by atoms with Crippen molar-refractivity contribution in [3.05, 3.63) is 75.3 Å². The molecule has 0 amide bonds. The Labute approximate surface area is 201 Å². The Bertz CT molecular complexity index is 1310. The molecule has 0 bridgehead atoms. The minimum absolute atomic E-state index is 0.0393. The second-order valence-electron chi connectivity index (χ2n) is 7.19. The Morgan fingerprint density at radius 2 is 2.11 bits per heavy atom. The van der Waals surface area contributed by atoms with Crippen molar-refractivity contribution >= 4 is 17.6 Å². The van der Waals surface area contributed by atoms with Crippen molar-refractivity contribution in [2.75, 3.05) is 13.1 Å². The fraction of sp³-hybridized carbons (Fsp3) is 0.190. The molecule has 3 aromatic rings. The maximum absolute atomic E-state index is 13.0. The van der Waals surface area contributed by atoms with Gasteiger partial charge in [0.25, 0.3) is 5.96 Å². The number of aromatic amines is 1. The van der Waals surface area contributed by atoms with Crippen LogP contribution in [0.2, 0.25) is 5.15 Å². The lowest BCUT2D eigenvalue weighted by Gasteiger charge is -2.14. The molecule has 1 saturated heterocycles. The minimum atomic E-state index is -3.67. The summed E-state index contributed by atoms with van der Waals surface area (Å²) in [7, 11) is 0. The zero-order chi connectivity index (χ0) is 25.0. The van der Waals surface area contributed by atoms with Gasteiger partial charge in [0.05, 0.1) is 5.56 Å². The van der Waals surface area contributed by atoms with Gasteiger partial charge >= 0.3 is 6.29 Å². The lowest BCUT2D eigenvalue weighted by molar-refractivity contribution is -0.485. The molecule has 0 atom stereocenters. The Kier molecular flexibility index (Phi) is 6.65. The first-order valence-electron chi connectivity index (χ1n) is 10.0. The molecule has 1 fully saturated rings. The van der Waals surface area contributed by atoms with Crippen molar-refractivity contribution in [3.8, 4) is 28.7 Å². The standard InChI is InChI=1S/C12H6F2N2O2.C9H10ClN5O2/c13-12(14)17-10-3-1-2-8(11(10)18-12)9-6-16-5-7(9)4-15;10-8-2-1-7(5-12-8)6-14-4-3-11-9(14)13-15(16)17/h1-3,5-6,16H;1-2,5H,3-4,6H2,(H,11,13). The van der Waals surface area contributed by atoms with E-state index in [1.165, 1.54) is 12.3 Å². The van der Waals surface area contributed by atoms with Crippen LogP contribution in [-0.4, -0.2) is 45.2 Å². The molecule has 2 aliphatic heterocycles. The van der Waals surface area contributed by atoms with Gasteiger partial charge in [0.1, 0.15) is 16.3 Å². The minimum Gasteiger partial charge on any atom is -0.395 e. The molecule has 2 N–H and O–H groups in total. The van der Waals surface area contributed by atoms with Gasteiger partial charge in [-0.3, -0.25) is 0 Å². The Morgan fingerprint density at radius 1 is 1.29 bits per heavy atom. The maximum atomic E-state index is 13.0. The highest BCUT2D eigenvalue weighted by Gasteiger charge is 2.44. The topological polar surface area (TPSA) is 142 Å². The molecule has 2 aromatic heterocycles. The van der Waals surface area contributed by atoms with Gasteiger partial charge < -0.3 is 24.7 Å². The highest BCUT2D eigenvalue weighted by Crippen LogP contribution is 2.47. The normalized spacial score (nSPS) is 16.3. The number of hydrogen-bond donors (Lipinski definition) is 2. The highest BCUT2D eigenvalue weighted by molar-refractivity contribution is 6.29. The van der Waals surface area contributed by atoms with Crippen LogP contribution in [0.5, 0.6) is 11.5 Å². The number of nitrogens with one attached hydrogen (secondary N) is 2. The van der Waals surface area contributed by atoms with Crippen LogP contribution in [0.25, 0.3) is 11.1 Å². The smallest absolute Gasteiger partial charge is 0.395 e. The number of nitrogens with zero attached hydrogens (tertiary/aromatic N) is 5. The summed E-state index contributed by atoms with van der Waals surface area (Å²) in [4.78, 5) is 18.8. The number of fused-ring (bicyclic) bond motifs is 1. The molecular formula is C21H16ClF2N7O4. The number of hydrazone groups is 1. The van der Waals surface area contributed by atoms with Crippen molar-refractivity contribution < 1.29 is 23.3 Å². The maximum Gasteiger partial charge on any atom is 0.586 e. The van der Waals surface area contributed by atoms with Crippen molar-refractivity contribution in [1.82, 2.24) is 20.2 Å². The number of hydrogen-bond acceptors (Lipinski definition) is 6. The van der Waals surface area contributed by atoms with Crippen LogP contribution in [-0.2, 0) is 6.54 Å². The van der Waals surface area contributed by atoms with E-state index in [-0.39, 0.29) is 17.5 Å².